The molecule has 0 unspecified atom stereocenters. The van der Waals surface area contributed by atoms with E-state index in [1.807, 2.05) is 0 Å². The number of carbonyl (C=O) groups excluding carboxylic acids is 1. The van der Waals surface area contributed by atoms with E-state index in [1.54, 1.807) is 0 Å². The third-order valence-corrected chi connectivity index (χ3v) is 2.03. The van der Waals surface area contributed by atoms with Crippen molar-refractivity contribution in [2.45, 2.75) is 6.42 Å². The van der Waals surface area contributed by atoms with Gasteiger partial charge in [-0.15, -0.1) is 11.6 Å². The molecule has 1 aromatic rings. The smallest absolute Gasteiger partial charge is 0.225 e. The fourth-order valence-corrected chi connectivity index (χ4v) is 1.28. The van der Waals surface area contributed by atoms with Gasteiger partial charge in [-0.25, -0.2) is 4.39 Å². The summed E-state index contributed by atoms with van der Waals surface area (Å²) < 4.78 is 12.6. The Hall–Kier alpha value is -0.800. The summed E-state index contributed by atoms with van der Waals surface area (Å²) in [6, 6.07) is 3.77. The summed E-state index contributed by atoms with van der Waals surface area (Å²) in [7, 11) is 0. The lowest BCUT2D eigenvalue weighted by Gasteiger charge is -2.05. The van der Waals surface area contributed by atoms with Gasteiger partial charge in [-0.2, -0.15) is 0 Å². The van der Waals surface area contributed by atoms with Crippen molar-refractivity contribution in [3.8, 4) is 0 Å². The van der Waals surface area contributed by atoms with E-state index in [9.17, 15) is 9.18 Å². The van der Waals surface area contributed by atoms with Crippen molar-refractivity contribution < 1.29 is 9.18 Å². The number of hydrogen-bond acceptors (Lipinski definition) is 1. The van der Waals surface area contributed by atoms with Crippen LogP contribution < -0.4 is 5.32 Å². The van der Waals surface area contributed by atoms with Gasteiger partial charge >= 0.3 is 0 Å². The number of anilines is 1. The number of rotatable bonds is 3. The van der Waals surface area contributed by atoms with Crippen LogP contribution in [0, 0.1) is 5.82 Å². The van der Waals surface area contributed by atoms with Crippen molar-refractivity contribution in [3.63, 3.8) is 0 Å². The minimum atomic E-state index is -0.439. The first kappa shape index (κ1) is 11.3. The van der Waals surface area contributed by atoms with Gasteiger partial charge in [0.25, 0.3) is 0 Å². The predicted molar refractivity (Wildman–Crippen MR) is 55.4 cm³/mol. The molecule has 0 aromatic heterocycles. The topological polar surface area (TPSA) is 29.1 Å². The van der Waals surface area contributed by atoms with Crippen LogP contribution in [-0.2, 0) is 4.79 Å². The third-order valence-electron chi connectivity index (χ3n) is 1.53. The molecule has 1 N–H and O–H groups in total. The molecule has 76 valence electrons. The number of alkyl halides is 1. The van der Waals surface area contributed by atoms with Crippen molar-refractivity contribution in [1.29, 1.82) is 0 Å². The van der Waals surface area contributed by atoms with Gasteiger partial charge in [0.1, 0.15) is 5.82 Å². The highest BCUT2D eigenvalue weighted by Crippen LogP contribution is 2.22. The van der Waals surface area contributed by atoms with Crippen molar-refractivity contribution in [2.24, 2.45) is 0 Å². The maximum Gasteiger partial charge on any atom is 0.225 e. The maximum atomic E-state index is 12.6. The lowest BCUT2D eigenvalue weighted by atomic mass is 10.3. The van der Waals surface area contributed by atoms with Crippen LogP contribution in [0.5, 0.6) is 0 Å². The standard InChI is InChI=1S/C9H8Cl2FNO/c10-4-3-9(14)13-8-2-1-6(12)5-7(8)11/h1-2,5H,3-4H2,(H,13,14). The first-order valence-electron chi connectivity index (χ1n) is 3.94. The van der Waals surface area contributed by atoms with Gasteiger partial charge in [0, 0.05) is 12.3 Å². The summed E-state index contributed by atoms with van der Waals surface area (Å²) in [6.07, 6.45) is 0.204. The lowest BCUT2D eigenvalue weighted by molar-refractivity contribution is -0.115. The van der Waals surface area contributed by atoms with Crippen LogP contribution in [-0.4, -0.2) is 11.8 Å². The molecule has 0 saturated heterocycles. The van der Waals surface area contributed by atoms with Gasteiger partial charge in [-0.1, -0.05) is 11.6 Å². The molecule has 0 aliphatic carbocycles. The van der Waals surface area contributed by atoms with Crippen LogP contribution >= 0.6 is 23.2 Å². The first-order valence-corrected chi connectivity index (χ1v) is 4.85. The van der Waals surface area contributed by atoms with Crippen molar-refractivity contribution in [3.05, 3.63) is 29.0 Å². The zero-order valence-electron chi connectivity index (χ0n) is 7.19. The molecular formula is C9H8Cl2FNO. The molecule has 0 spiro atoms. The molecule has 0 aliphatic rings. The molecule has 0 saturated carbocycles. The Morgan fingerprint density at radius 2 is 2.21 bits per heavy atom. The van der Waals surface area contributed by atoms with Crippen LogP contribution in [0.2, 0.25) is 5.02 Å². The van der Waals surface area contributed by atoms with Crippen LogP contribution in [0.25, 0.3) is 0 Å². The summed E-state index contributed by atoms with van der Waals surface area (Å²) in [6.45, 7) is 0. The van der Waals surface area contributed by atoms with Gasteiger partial charge in [0.15, 0.2) is 0 Å². The summed E-state index contributed by atoms with van der Waals surface area (Å²) in [5, 5.41) is 2.69. The average molecular weight is 236 g/mol. The molecule has 1 rings (SSSR count). The Morgan fingerprint density at radius 1 is 1.50 bits per heavy atom. The monoisotopic (exact) mass is 235 g/mol. The molecule has 0 bridgehead atoms. The quantitative estimate of drug-likeness (QED) is 0.803. The van der Waals surface area contributed by atoms with E-state index in [1.165, 1.54) is 12.1 Å². The molecule has 0 fully saturated rings. The number of benzene rings is 1. The Balaban J connectivity index is 2.72. The van der Waals surface area contributed by atoms with Gasteiger partial charge in [-0.3, -0.25) is 4.79 Å². The van der Waals surface area contributed by atoms with Crippen LogP contribution in [0.3, 0.4) is 0 Å². The zero-order valence-corrected chi connectivity index (χ0v) is 8.70. The first-order chi connectivity index (χ1) is 6.63. The fourth-order valence-electron chi connectivity index (χ4n) is 0.889. The second-order valence-electron chi connectivity index (χ2n) is 2.61. The zero-order chi connectivity index (χ0) is 10.6. The van der Waals surface area contributed by atoms with E-state index >= 15 is 0 Å². The highest BCUT2D eigenvalue weighted by Gasteiger charge is 2.05. The van der Waals surface area contributed by atoms with Gasteiger partial charge in [-0.05, 0) is 18.2 Å². The van der Waals surface area contributed by atoms with Crippen molar-refractivity contribution in [2.75, 3.05) is 11.2 Å². The van der Waals surface area contributed by atoms with Gasteiger partial charge < -0.3 is 5.32 Å². The molecule has 14 heavy (non-hydrogen) atoms. The molecule has 0 atom stereocenters. The number of amides is 1. The van der Waals surface area contributed by atoms with Crippen molar-refractivity contribution >= 4 is 34.8 Å². The molecule has 2 nitrogen and oxygen atoms in total. The van der Waals surface area contributed by atoms with E-state index in [0.717, 1.165) is 6.07 Å². The summed E-state index contributed by atoms with van der Waals surface area (Å²) in [5.74, 6) is -0.441. The molecule has 1 amide bonds. The normalized spacial score (nSPS) is 9.93. The SMILES string of the molecule is O=C(CCCl)Nc1ccc(F)cc1Cl. The molecule has 1 aromatic carbocycles. The molecular weight excluding hydrogens is 228 g/mol. The van der Waals surface area contributed by atoms with E-state index in [2.05, 4.69) is 5.32 Å². The second-order valence-corrected chi connectivity index (χ2v) is 3.40. The molecule has 5 heteroatoms. The Morgan fingerprint density at radius 3 is 2.79 bits per heavy atom. The predicted octanol–water partition coefficient (Wildman–Crippen LogP) is 3.05. The minimum Gasteiger partial charge on any atom is -0.325 e. The van der Waals surface area contributed by atoms with Crippen LogP contribution in [0.1, 0.15) is 6.42 Å². The number of halogens is 3. The number of carbonyl (C=O) groups is 1. The largest absolute Gasteiger partial charge is 0.325 e. The van der Waals surface area contributed by atoms with Gasteiger partial charge in [0.05, 0.1) is 10.7 Å². The van der Waals surface area contributed by atoms with Crippen LogP contribution in [0.4, 0.5) is 10.1 Å². The third kappa shape index (κ3) is 3.16. The van der Waals surface area contributed by atoms with Gasteiger partial charge in [0.2, 0.25) is 5.91 Å². The number of nitrogens with one attached hydrogen (secondary N) is 1. The van der Waals surface area contributed by atoms with Crippen LogP contribution in [0.15, 0.2) is 18.2 Å². The highest BCUT2D eigenvalue weighted by atomic mass is 35.5. The fraction of sp³-hybridized carbons (Fsp3) is 0.222. The maximum absolute atomic E-state index is 12.6. The van der Waals surface area contributed by atoms with E-state index in [0.29, 0.717) is 5.69 Å². The average Bonchev–Trinajstić information content (AvgIpc) is 2.10. The summed E-state index contributed by atoms with van der Waals surface area (Å²) >= 11 is 11.1. The summed E-state index contributed by atoms with van der Waals surface area (Å²) in [4.78, 5) is 11.1. The lowest BCUT2D eigenvalue weighted by Crippen LogP contribution is -2.11. The second kappa shape index (κ2) is 5.17. The highest BCUT2D eigenvalue weighted by molar-refractivity contribution is 6.33. The van der Waals surface area contributed by atoms with E-state index in [-0.39, 0.29) is 23.2 Å². The Labute approximate surface area is 91.0 Å². The molecule has 0 heterocycles. The summed E-state index contributed by atoms with van der Waals surface area (Å²) in [5.41, 5.74) is 0.392. The Bertz CT molecular complexity index is 344. The van der Waals surface area contributed by atoms with E-state index < -0.39 is 5.82 Å². The minimum absolute atomic E-state index is 0.174. The Kier molecular flexibility index (Phi) is 4.17. The molecule has 0 radical (unpaired) electrons. The van der Waals surface area contributed by atoms with Crippen molar-refractivity contribution in [1.82, 2.24) is 0 Å². The molecule has 0 aliphatic heterocycles. The van der Waals surface area contributed by atoms with E-state index in [4.69, 9.17) is 23.2 Å². The number of hydrogen-bond donors (Lipinski definition) is 1.